The summed E-state index contributed by atoms with van der Waals surface area (Å²) in [7, 11) is 0. The molecule has 112 valence electrons. The molecule has 1 rings (SSSR count). The molecule has 1 aromatic carbocycles. The first-order valence-electron chi connectivity index (χ1n) is 6.87. The minimum absolute atomic E-state index is 0.190. The topological polar surface area (TPSA) is 29.5 Å². The van der Waals surface area contributed by atoms with E-state index in [2.05, 4.69) is 4.90 Å². The van der Waals surface area contributed by atoms with Crippen LogP contribution in [0.2, 0.25) is 5.02 Å². The lowest BCUT2D eigenvalue weighted by Gasteiger charge is -2.29. The van der Waals surface area contributed by atoms with Gasteiger partial charge in [0.2, 0.25) is 0 Å². The van der Waals surface area contributed by atoms with Gasteiger partial charge in [-0.25, -0.2) is 4.39 Å². The Hall–Kier alpha value is -1.13. The van der Waals surface area contributed by atoms with Crippen LogP contribution in [0, 0.1) is 5.82 Å². The summed E-state index contributed by atoms with van der Waals surface area (Å²) in [4.78, 5) is 13.8. The van der Waals surface area contributed by atoms with Crippen molar-refractivity contribution in [2.24, 2.45) is 0 Å². The quantitative estimate of drug-likeness (QED) is 0.717. The van der Waals surface area contributed by atoms with Gasteiger partial charge in [-0.1, -0.05) is 25.4 Å². The van der Waals surface area contributed by atoms with Gasteiger partial charge in [0.1, 0.15) is 5.82 Å². The fourth-order valence-electron chi connectivity index (χ4n) is 2.27. The molecule has 0 spiro atoms. The first kappa shape index (κ1) is 16.9. The van der Waals surface area contributed by atoms with Crippen LogP contribution in [0.3, 0.4) is 0 Å². The van der Waals surface area contributed by atoms with E-state index in [4.69, 9.17) is 16.3 Å². The normalized spacial score (nSPS) is 12.5. The molecular formula is C15H21ClFNO2. The zero-order valence-electron chi connectivity index (χ0n) is 12.2. The number of nitrogens with zero attached hydrogens (tertiary/aromatic N) is 1. The predicted molar refractivity (Wildman–Crippen MR) is 78.3 cm³/mol. The largest absolute Gasteiger partial charge is 0.466 e. The van der Waals surface area contributed by atoms with Crippen LogP contribution in [0.5, 0.6) is 0 Å². The van der Waals surface area contributed by atoms with Crippen molar-refractivity contribution in [1.29, 1.82) is 0 Å². The minimum Gasteiger partial charge on any atom is -0.466 e. The molecule has 0 amide bonds. The summed E-state index contributed by atoms with van der Waals surface area (Å²) in [5, 5.41) is 0.334. The second-order valence-corrected chi connectivity index (χ2v) is 4.89. The van der Waals surface area contributed by atoms with E-state index < -0.39 is 5.82 Å². The van der Waals surface area contributed by atoms with Crippen molar-refractivity contribution in [3.05, 3.63) is 34.6 Å². The number of esters is 1. The Bertz CT molecular complexity index is 429. The van der Waals surface area contributed by atoms with Crippen LogP contribution in [-0.2, 0) is 9.53 Å². The Morgan fingerprint density at radius 1 is 1.30 bits per heavy atom. The number of benzene rings is 1. The zero-order valence-corrected chi connectivity index (χ0v) is 12.9. The van der Waals surface area contributed by atoms with Crippen LogP contribution < -0.4 is 0 Å². The Morgan fingerprint density at radius 3 is 2.45 bits per heavy atom. The van der Waals surface area contributed by atoms with Gasteiger partial charge in [0.15, 0.2) is 0 Å². The molecule has 0 aliphatic rings. The molecule has 0 saturated heterocycles. The van der Waals surface area contributed by atoms with E-state index >= 15 is 0 Å². The van der Waals surface area contributed by atoms with Gasteiger partial charge in [0, 0.05) is 11.1 Å². The Balaban J connectivity index is 3.05. The van der Waals surface area contributed by atoms with E-state index in [0.717, 1.165) is 13.1 Å². The van der Waals surface area contributed by atoms with Crippen LogP contribution in [0.4, 0.5) is 4.39 Å². The monoisotopic (exact) mass is 301 g/mol. The maximum atomic E-state index is 13.5. The van der Waals surface area contributed by atoms with Crippen molar-refractivity contribution in [3.8, 4) is 0 Å². The maximum Gasteiger partial charge on any atom is 0.307 e. The molecule has 0 heterocycles. The lowest BCUT2D eigenvalue weighted by molar-refractivity contribution is -0.144. The van der Waals surface area contributed by atoms with Crippen LogP contribution >= 0.6 is 11.6 Å². The smallest absolute Gasteiger partial charge is 0.307 e. The molecule has 1 unspecified atom stereocenters. The molecule has 0 N–H and O–H groups in total. The average molecular weight is 302 g/mol. The number of ether oxygens (including phenoxy) is 1. The first-order chi connectivity index (χ1) is 9.51. The van der Waals surface area contributed by atoms with Crippen LogP contribution in [0.1, 0.15) is 38.8 Å². The molecule has 20 heavy (non-hydrogen) atoms. The highest BCUT2D eigenvalue weighted by Crippen LogP contribution is 2.27. The summed E-state index contributed by atoms with van der Waals surface area (Å²) in [6.45, 7) is 7.63. The van der Waals surface area contributed by atoms with Crippen LogP contribution in [0.15, 0.2) is 18.2 Å². The molecule has 0 saturated carbocycles. The highest BCUT2D eigenvalue weighted by Gasteiger charge is 2.23. The second-order valence-electron chi connectivity index (χ2n) is 4.45. The summed E-state index contributed by atoms with van der Waals surface area (Å²) in [6.07, 6.45) is 0.190. The summed E-state index contributed by atoms with van der Waals surface area (Å²) < 4.78 is 18.5. The third kappa shape index (κ3) is 4.76. The van der Waals surface area contributed by atoms with Gasteiger partial charge < -0.3 is 4.74 Å². The van der Waals surface area contributed by atoms with E-state index in [1.54, 1.807) is 13.0 Å². The lowest BCUT2D eigenvalue weighted by atomic mass is 10.0. The summed E-state index contributed by atoms with van der Waals surface area (Å²) in [5.41, 5.74) is 0.701. The highest BCUT2D eigenvalue weighted by atomic mass is 35.5. The number of carbonyl (C=O) groups excluding carboxylic acids is 1. The second kappa shape index (κ2) is 8.22. The van der Waals surface area contributed by atoms with Gasteiger partial charge in [-0.05, 0) is 43.8 Å². The number of hydrogen-bond acceptors (Lipinski definition) is 3. The van der Waals surface area contributed by atoms with Gasteiger partial charge in [-0.3, -0.25) is 9.69 Å². The molecule has 0 aromatic heterocycles. The van der Waals surface area contributed by atoms with Crippen LogP contribution in [-0.4, -0.2) is 30.6 Å². The Kier molecular flexibility index (Phi) is 6.96. The molecule has 5 heteroatoms. The fourth-order valence-corrected chi connectivity index (χ4v) is 2.50. The molecule has 0 aliphatic carbocycles. The van der Waals surface area contributed by atoms with Crippen molar-refractivity contribution in [2.45, 2.75) is 33.2 Å². The first-order valence-corrected chi connectivity index (χ1v) is 7.25. The predicted octanol–water partition coefficient (Wildman–Crippen LogP) is 3.82. The van der Waals surface area contributed by atoms with Gasteiger partial charge in [-0.2, -0.15) is 0 Å². The lowest BCUT2D eigenvalue weighted by Crippen LogP contribution is -2.30. The van der Waals surface area contributed by atoms with Gasteiger partial charge in [-0.15, -0.1) is 0 Å². The fraction of sp³-hybridized carbons (Fsp3) is 0.533. The average Bonchev–Trinajstić information content (AvgIpc) is 2.38. The van der Waals surface area contributed by atoms with Crippen molar-refractivity contribution < 1.29 is 13.9 Å². The zero-order chi connectivity index (χ0) is 15.1. The number of hydrogen-bond donors (Lipinski definition) is 0. The van der Waals surface area contributed by atoms with Crippen molar-refractivity contribution in [3.63, 3.8) is 0 Å². The summed E-state index contributed by atoms with van der Waals surface area (Å²) in [5.74, 6) is -0.682. The number of halogens is 2. The molecule has 0 radical (unpaired) electrons. The highest BCUT2D eigenvalue weighted by molar-refractivity contribution is 6.30. The van der Waals surface area contributed by atoms with Gasteiger partial charge >= 0.3 is 5.97 Å². The third-order valence-electron chi connectivity index (χ3n) is 3.19. The van der Waals surface area contributed by atoms with E-state index in [-0.39, 0.29) is 18.4 Å². The summed E-state index contributed by atoms with van der Waals surface area (Å²) >= 11 is 5.91. The van der Waals surface area contributed by atoms with Gasteiger partial charge in [0.25, 0.3) is 0 Å². The van der Waals surface area contributed by atoms with E-state index in [1.165, 1.54) is 12.1 Å². The number of rotatable bonds is 7. The van der Waals surface area contributed by atoms with Gasteiger partial charge in [0.05, 0.1) is 13.0 Å². The maximum absolute atomic E-state index is 13.5. The minimum atomic E-state index is -0.395. The third-order valence-corrected chi connectivity index (χ3v) is 3.41. The standard InChI is InChI=1S/C15H21ClFNO2/c1-4-18(5-2)14(10-15(19)20-6-3)11-7-12(16)9-13(17)8-11/h7-9,14H,4-6,10H2,1-3H3. The van der Waals surface area contributed by atoms with E-state index in [0.29, 0.717) is 17.2 Å². The summed E-state index contributed by atoms with van der Waals surface area (Å²) in [6, 6.07) is 4.16. The van der Waals surface area contributed by atoms with E-state index in [1.807, 2.05) is 13.8 Å². The van der Waals surface area contributed by atoms with Crippen molar-refractivity contribution in [1.82, 2.24) is 4.90 Å². The van der Waals surface area contributed by atoms with Crippen molar-refractivity contribution >= 4 is 17.6 Å². The Morgan fingerprint density at radius 2 is 1.95 bits per heavy atom. The molecule has 0 aliphatic heterocycles. The van der Waals surface area contributed by atoms with Crippen molar-refractivity contribution in [2.75, 3.05) is 19.7 Å². The molecule has 0 fully saturated rings. The molecule has 3 nitrogen and oxygen atoms in total. The molecule has 1 atom stereocenters. The van der Waals surface area contributed by atoms with Crippen LogP contribution in [0.25, 0.3) is 0 Å². The Labute approximate surface area is 124 Å². The molecule has 1 aromatic rings. The van der Waals surface area contributed by atoms with E-state index in [9.17, 15) is 9.18 Å². The number of carbonyl (C=O) groups is 1. The molecular weight excluding hydrogens is 281 g/mol. The SMILES string of the molecule is CCOC(=O)CC(c1cc(F)cc(Cl)c1)N(CC)CC. The molecule has 0 bridgehead atoms.